The van der Waals surface area contributed by atoms with Crippen LogP contribution in [0.25, 0.3) is 22.4 Å². The number of rotatable bonds is 3. The number of hydrogen-bond acceptors (Lipinski definition) is 3. The molecular weight excluding hydrogens is 322 g/mol. The first-order chi connectivity index (χ1) is 11.7. The molecule has 0 aliphatic carbocycles. The van der Waals surface area contributed by atoms with Crippen LogP contribution < -0.4 is 4.74 Å². The first-order valence-electron chi connectivity index (χ1n) is 7.53. The number of nitrogens with one attached hydrogen (secondary N) is 1. The Hall–Kier alpha value is -2.85. The molecule has 0 amide bonds. The summed E-state index contributed by atoms with van der Waals surface area (Å²) in [6.45, 7) is 1.98. The van der Waals surface area contributed by atoms with Gasteiger partial charge in [0.25, 0.3) is 0 Å². The molecule has 4 rings (SSSR count). The normalized spacial score (nSPS) is 10.9. The molecule has 2 aromatic carbocycles. The first-order valence-corrected chi connectivity index (χ1v) is 7.91. The van der Waals surface area contributed by atoms with Crippen LogP contribution in [0.1, 0.15) is 5.56 Å². The molecule has 0 aliphatic heterocycles. The third kappa shape index (κ3) is 2.84. The molecule has 0 spiro atoms. The summed E-state index contributed by atoms with van der Waals surface area (Å²) in [6.07, 6.45) is 3.40. The molecule has 118 valence electrons. The lowest BCUT2D eigenvalue weighted by molar-refractivity contribution is 0.482. The highest BCUT2D eigenvalue weighted by Gasteiger charge is 2.08. The van der Waals surface area contributed by atoms with E-state index in [0.29, 0.717) is 0 Å². The lowest BCUT2D eigenvalue weighted by Gasteiger charge is -2.06. The number of fused-ring (bicyclic) bond motifs is 1. The molecule has 0 atom stereocenters. The summed E-state index contributed by atoms with van der Waals surface area (Å²) >= 11 is 6.18. The van der Waals surface area contributed by atoms with Gasteiger partial charge >= 0.3 is 0 Å². The van der Waals surface area contributed by atoms with Gasteiger partial charge in [0.15, 0.2) is 0 Å². The van der Waals surface area contributed by atoms with Gasteiger partial charge in [0.1, 0.15) is 17.3 Å². The monoisotopic (exact) mass is 335 g/mol. The topological polar surface area (TPSA) is 50.8 Å². The lowest BCUT2D eigenvalue weighted by Crippen LogP contribution is -1.86. The molecule has 4 aromatic rings. The lowest BCUT2D eigenvalue weighted by atomic mass is 10.2. The van der Waals surface area contributed by atoms with Crippen molar-refractivity contribution >= 4 is 22.6 Å². The fraction of sp³-hybridized carbons (Fsp3) is 0.0526. The summed E-state index contributed by atoms with van der Waals surface area (Å²) in [5.41, 5.74) is 3.79. The van der Waals surface area contributed by atoms with Crippen LogP contribution in [0.15, 0.2) is 60.9 Å². The van der Waals surface area contributed by atoms with Crippen molar-refractivity contribution in [2.45, 2.75) is 6.92 Å². The minimum Gasteiger partial charge on any atom is -0.457 e. The molecular formula is C19H14ClN3O. The predicted molar refractivity (Wildman–Crippen MR) is 95.6 cm³/mol. The van der Waals surface area contributed by atoms with E-state index in [0.717, 1.165) is 44.5 Å². The van der Waals surface area contributed by atoms with E-state index in [-0.39, 0.29) is 0 Å². The maximum Gasteiger partial charge on any atom is 0.138 e. The van der Waals surface area contributed by atoms with E-state index in [9.17, 15) is 0 Å². The third-order valence-corrected chi connectivity index (χ3v) is 4.16. The van der Waals surface area contributed by atoms with E-state index in [2.05, 4.69) is 15.0 Å². The Kier molecular flexibility index (Phi) is 3.67. The molecule has 0 fully saturated rings. The quantitative estimate of drug-likeness (QED) is 0.547. The number of imidazole rings is 1. The minimum absolute atomic E-state index is 0.718. The van der Waals surface area contributed by atoms with Crippen molar-refractivity contribution in [3.63, 3.8) is 0 Å². The summed E-state index contributed by atoms with van der Waals surface area (Å²) in [5, 5.41) is 0.718. The Morgan fingerprint density at radius 1 is 1.00 bits per heavy atom. The molecule has 0 unspecified atom stereocenters. The second-order valence-corrected chi connectivity index (χ2v) is 5.92. The molecule has 2 aromatic heterocycles. The highest BCUT2D eigenvalue weighted by Crippen LogP contribution is 2.28. The number of halogens is 1. The smallest absolute Gasteiger partial charge is 0.138 e. The van der Waals surface area contributed by atoms with Gasteiger partial charge in [-0.05, 0) is 48.9 Å². The molecule has 4 nitrogen and oxygen atoms in total. The van der Waals surface area contributed by atoms with E-state index in [4.69, 9.17) is 16.3 Å². The summed E-state index contributed by atoms with van der Waals surface area (Å²) < 4.78 is 5.85. The van der Waals surface area contributed by atoms with Gasteiger partial charge in [0.2, 0.25) is 0 Å². The average molecular weight is 336 g/mol. The highest BCUT2D eigenvalue weighted by atomic mass is 35.5. The van der Waals surface area contributed by atoms with Crippen LogP contribution in [-0.2, 0) is 0 Å². The molecule has 0 bridgehead atoms. The Morgan fingerprint density at radius 3 is 2.67 bits per heavy atom. The molecule has 0 saturated heterocycles. The molecule has 2 heterocycles. The minimum atomic E-state index is 0.718. The number of nitrogens with zero attached hydrogens (tertiary/aromatic N) is 2. The summed E-state index contributed by atoms with van der Waals surface area (Å²) in [7, 11) is 0. The molecule has 0 aliphatic rings. The molecule has 5 heteroatoms. The first kappa shape index (κ1) is 14.7. The molecule has 0 saturated carbocycles. The number of aromatic amines is 1. The van der Waals surface area contributed by atoms with Crippen LogP contribution in [0, 0.1) is 6.92 Å². The van der Waals surface area contributed by atoms with Crippen LogP contribution in [-0.4, -0.2) is 15.0 Å². The number of H-pyrrole nitrogens is 1. The fourth-order valence-corrected chi connectivity index (χ4v) is 2.68. The van der Waals surface area contributed by atoms with Gasteiger partial charge < -0.3 is 9.72 Å². The SMILES string of the molecule is Cc1cc2[nH]c(-c3cccc(Oc4ccncc4)c3)nc2cc1Cl. The summed E-state index contributed by atoms with van der Waals surface area (Å²) in [6, 6.07) is 15.3. The van der Waals surface area contributed by atoms with Crippen molar-refractivity contribution in [3.8, 4) is 22.9 Å². The second-order valence-electron chi connectivity index (χ2n) is 5.52. The van der Waals surface area contributed by atoms with Crippen molar-refractivity contribution in [2.24, 2.45) is 0 Å². The average Bonchev–Trinajstić information content (AvgIpc) is 2.99. The molecule has 0 radical (unpaired) electrons. The Balaban J connectivity index is 1.70. The van der Waals surface area contributed by atoms with Crippen molar-refractivity contribution < 1.29 is 4.74 Å². The third-order valence-electron chi connectivity index (χ3n) is 3.76. The summed E-state index contributed by atoms with van der Waals surface area (Å²) in [5.74, 6) is 2.27. The van der Waals surface area contributed by atoms with Gasteiger partial charge in [-0.2, -0.15) is 0 Å². The van der Waals surface area contributed by atoms with E-state index in [1.807, 2.05) is 55.5 Å². The van der Waals surface area contributed by atoms with Crippen LogP contribution >= 0.6 is 11.6 Å². The van der Waals surface area contributed by atoms with Crippen LogP contribution in [0.3, 0.4) is 0 Å². The van der Waals surface area contributed by atoms with E-state index >= 15 is 0 Å². The van der Waals surface area contributed by atoms with E-state index in [1.165, 1.54) is 0 Å². The zero-order chi connectivity index (χ0) is 16.5. The predicted octanol–water partition coefficient (Wildman–Crippen LogP) is 5.38. The van der Waals surface area contributed by atoms with Crippen molar-refractivity contribution in [1.82, 2.24) is 15.0 Å². The van der Waals surface area contributed by atoms with E-state index < -0.39 is 0 Å². The van der Waals surface area contributed by atoms with Crippen molar-refractivity contribution in [1.29, 1.82) is 0 Å². The van der Waals surface area contributed by atoms with Gasteiger partial charge in [-0.15, -0.1) is 0 Å². The standard InChI is InChI=1S/C19H14ClN3O/c1-12-9-17-18(11-16(12)20)23-19(22-17)13-3-2-4-15(10-13)24-14-5-7-21-8-6-14/h2-11H,1H3,(H,22,23). The number of aryl methyl sites for hydroxylation is 1. The van der Waals surface area contributed by atoms with Crippen molar-refractivity contribution in [3.05, 3.63) is 71.5 Å². The Morgan fingerprint density at radius 2 is 1.83 bits per heavy atom. The van der Waals surface area contributed by atoms with E-state index in [1.54, 1.807) is 12.4 Å². The van der Waals surface area contributed by atoms with Gasteiger partial charge in [-0.3, -0.25) is 4.98 Å². The Bertz CT molecular complexity index is 973. The highest BCUT2D eigenvalue weighted by molar-refractivity contribution is 6.32. The molecule has 24 heavy (non-hydrogen) atoms. The summed E-state index contributed by atoms with van der Waals surface area (Å²) in [4.78, 5) is 11.9. The van der Waals surface area contributed by atoms with Gasteiger partial charge in [-0.25, -0.2) is 4.98 Å². The Labute approximate surface area is 144 Å². The largest absolute Gasteiger partial charge is 0.457 e. The molecule has 1 N–H and O–H groups in total. The van der Waals surface area contributed by atoms with Gasteiger partial charge in [-0.1, -0.05) is 23.7 Å². The van der Waals surface area contributed by atoms with Gasteiger partial charge in [0, 0.05) is 23.0 Å². The van der Waals surface area contributed by atoms with Gasteiger partial charge in [0.05, 0.1) is 11.0 Å². The fourth-order valence-electron chi connectivity index (χ4n) is 2.53. The maximum absolute atomic E-state index is 6.18. The second kappa shape index (κ2) is 5.98. The van der Waals surface area contributed by atoms with Crippen LogP contribution in [0.5, 0.6) is 11.5 Å². The number of aromatic nitrogens is 3. The van der Waals surface area contributed by atoms with Crippen LogP contribution in [0.4, 0.5) is 0 Å². The number of pyridine rings is 1. The zero-order valence-electron chi connectivity index (χ0n) is 13.0. The zero-order valence-corrected chi connectivity index (χ0v) is 13.7. The number of hydrogen-bond donors (Lipinski definition) is 1. The number of benzene rings is 2. The number of ether oxygens (including phenoxy) is 1. The maximum atomic E-state index is 6.18. The van der Waals surface area contributed by atoms with Crippen LogP contribution in [0.2, 0.25) is 5.02 Å². The van der Waals surface area contributed by atoms with Crippen molar-refractivity contribution in [2.75, 3.05) is 0 Å².